The second-order valence-electron chi connectivity index (χ2n) is 24.6. The van der Waals surface area contributed by atoms with Crippen molar-refractivity contribution in [2.24, 2.45) is 0 Å². The summed E-state index contributed by atoms with van der Waals surface area (Å²) >= 11 is -1.79. The summed E-state index contributed by atoms with van der Waals surface area (Å²) in [7, 11) is -2.18. The fourth-order valence-corrected chi connectivity index (χ4v) is 16.4. The average Bonchev–Trinajstić information content (AvgIpc) is 1.72. The lowest BCUT2D eigenvalue weighted by molar-refractivity contribution is -0.778. The molecule has 2 amide bonds. The van der Waals surface area contributed by atoms with Gasteiger partial charge in [0, 0.05) is 85.3 Å². The number of hydrogen-bond donors (Lipinski definition) is 0. The molecule has 6 fully saturated rings. The summed E-state index contributed by atoms with van der Waals surface area (Å²) in [6.07, 6.45) is -51.9. The summed E-state index contributed by atoms with van der Waals surface area (Å²) < 4.78 is 308. The van der Waals surface area contributed by atoms with Gasteiger partial charge in [-0.15, -0.1) is 17.3 Å². The second kappa shape index (κ2) is 48.5. The highest BCUT2D eigenvalue weighted by molar-refractivity contribution is 7.90. The van der Waals surface area contributed by atoms with Crippen LogP contribution in [-0.4, -0.2) is 365 Å². The van der Waals surface area contributed by atoms with Crippen LogP contribution in [0, 0.1) is 0 Å². The predicted octanol–water partition coefficient (Wildman–Crippen LogP) is -7.25. The van der Waals surface area contributed by atoms with E-state index in [1.54, 1.807) is 0 Å². The van der Waals surface area contributed by atoms with Gasteiger partial charge >= 0.3 is 0 Å². The molecule has 8 rings (SSSR count). The summed E-state index contributed by atoms with van der Waals surface area (Å²) in [5.74, 6) is -1.91. The Hall–Kier alpha value is -2.19. The van der Waals surface area contributed by atoms with Gasteiger partial charge in [-0.05, 0) is 12.1 Å². The number of benzene rings is 1. The lowest BCUT2D eigenvalue weighted by Gasteiger charge is -2.52. The van der Waals surface area contributed by atoms with Crippen molar-refractivity contribution in [1.29, 1.82) is 0 Å². The first kappa shape index (κ1) is 100. The van der Waals surface area contributed by atoms with Crippen molar-refractivity contribution in [3.63, 3.8) is 0 Å². The van der Waals surface area contributed by atoms with Crippen LogP contribution in [0.5, 0.6) is 0 Å². The molecule has 14 unspecified atom stereocenters. The number of fused-ring (bicyclic) bond motifs is 1. The molecule has 117 heavy (non-hydrogen) atoms. The standard InChI is InChI=1S/C56H89NO53S7/c1-73-18-26-32(38(77-5)43(80-8)51(84-12)88-26)95-53-46(83-11)40(79-7)34(28(90-53)20-75-3)96-54-45(82-10)39(78-6)33(27(89-54)19-74-2)94-52-44(81-9)37(76-4)31(25(87-52)17-57-49(58)23-15-13-14-16-24(23)50(57)59)93-56-48(102-117(70,71)72)41(99-112-108-104-61)35(29(91-56)21-85-115(64,65)66)97-55-47(101-114-110-106-63)42(100-113-109-105-62)36(98-111-107-103-60)30(92-55)22-86-116(67,68)69/h13-16,25-48,51-56,60-63H,17-22H2,1-12H3,(H,64,65,66)(H,67,68,69)(H,70,71,72)/p-7/t25?,26-,27?,28-,29?,30?,31+,32+,33+,34+,35+,36+,37+,38?,39-,40?,41?,42?,43?,44?,45?,46?,47?,48?,51+,52-,53+,54-,55+,56-/m0/s1. The largest absolute Gasteiger partial charge is 0.726 e. The van der Waals surface area contributed by atoms with Gasteiger partial charge in [0.05, 0.1) is 50.7 Å². The van der Waals surface area contributed by atoms with E-state index in [9.17, 15) is 69.5 Å². The highest BCUT2D eigenvalue weighted by Gasteiger charge is 2.62. The number of ether oxygens (including phenoxy) is 23. The van der Waals surface area contributed by atoms with Crippen LogP contribution in [0.25, 0.3) is 0 Å². The predicted molar refractivity (Wildman–Crippen MR) is 352 cm³/mol. The number of methoxy groups -OCH3 is 12. The Labute approximate surface area is 683 Å². The third-order valence-corrected chi connectivity index (χ3v) is 21.4. The van der Waals surface area contributed by atoms with Gasteiger partial charge in [-0.3, -0.25) is 63.9 Å². The molecule has 7 aliphatic heterocycles. The summed E-state index contributed by atoms with van der Waals surface area (Å²) in [5.41, 5.74) is -0.267. The maximum Gasteiger partial charge on any atom is 0.261 e. The van der Waals surface area contributed by atoms with Gasteiger partial charge in [0.15, 0.2) is 99.2 Å². The molecule has 0 radical (unpaired) electrons. The minimum Gasteiger partial charge on any atom is -0.726 e. The van der Waals surface area contributed by atoms with Gasteiger partial charge < -0.3 is 144 Å². The Morgan fingerprint density at radius 1 is 0.325 bits per heavy atom. The van der Waals surface area contributed by atoms with Crippen molar-refractivity contribution in [2.45, 2.75) is 184 Å². The minimum atomic E-state index is -6.30. The zero-order valence-electron chi connectivity index (χ0n) is 62.8. The molecule has 54 nitrogen and oxygen atoms in total. The summed E-state index contributed by atoms with van der Waals surface area (Å²) in [4.78, 5) is 29.6. The van der Waals surface area contributed by atoms with Crippen LogP contribution in [0.3, 0.4) is 0 Å². The van der Waals surface area contributed by atoms with E-state index in [1.165, 1.54) is 95.4 Å². The fourth-order valence-electron chi connectivity index (χ4n) is 13.8. The summed E-state index contributed by atoms with van der Waals surface area (Å²) in [6.45, 7) is -4.72. The molecule has 0 aromatic heterocycles. The van der Waals surface area contributed by atoms with E-state index in [0.29, 0.717) is 4.90 Å². The van der Waals surface area contributed by atoms with Crippen molar-refractivity contribution in [3.05, 3.63) is 35.4 Å². The number of rotatable bonds is 51. The number of nitrogens with zero attached hydrogens (tertiary/aromatic N) is 1. The van der Waals surface area contributed by atoms with E-state index in [2.05, 4.69) is 45.9 Å². The first-order valence-electron chi connectivity index (χ1n) is 33.4. The molecule has 1 aromatic rings. The van der Waals surface area contributed by atoms with E-state index >= 15 is 0 Å². The Morgan fingerprint density at radius 3 is 0.923 bits per heavy atom. The summed E-state index contributed by atoms with van der Waals surface area (Å²) in [6, 6.07) is 5.49. The highest BCUT2D eigenvalue weighted by Crippen LogP contribution is 2.44. The molecular formula is C56H82NO53S7-7. The van der Waals surface area contributed by atoms with Gasteiger partial charge in [-0.2, -0.15) is 0 Å². The molecule has 1 aromatic carbocycles. The highest BCUT2D eigenvalue weighted by atomic mass is 32.3. The molecule has 0 saturated carbocycles. The Morgan fingerprint density at radius 2 is 0.598 bits per heavy atom. The molecule has 0 bridgehead atoms. The Bertz CT molecular complexity index is 3440. The molecule has 7 heterocycles. The van der Waals surface area contributed by atoms with E-state index < -0.39 is 284 Å². The third-order valence-electron chi connectivity index (χ3n) is 18.5. The average molecular weight is 1840 g/mol. The van der Waals surface area contributed by atoms with Crippen LogP contribution in [0.1, 0.15) is 20.7 Å². The minimum absolute atomic E-state index is 0.00767. The van der Waals surface area contributed by atoms with E-state index in [-0.39, 0.29) is 43.3 Å². The topological polar surface area (TPSA) is 652 Å². The van der Waals surface area contributed by atoms with Crippen molar-refractivity contribution in [2.75, 3.05) is 125 Å². The summed E-state index contributed by atoms with van der Waals surface area (Å²) in [5, 5.41) is 57.6. The number of amides is 2. The van der Waals surface area contributed by atoms with E-state index in [4.69, 9.17) is 130 Å². The van der Waals surface area contributed by atoms with Gasteiger partial charge in [0.2, 0.25) is 31.2 Å². The molecule has 61 heteroatoms. The fraction of sp³-hybridized carbons (Fsp3) is 0.857. The third kappa shape index (κ3) is 26.3. The Balaban J connectivity index is 1.18. The molecule has 6 saturated heterocycles. The second-order valence-corrected chi connectivity index (χ2v) is 29.6. The van der Waals surface area contributed by atoms with Crippen molar-refractivity contribution in [1.82, 2.24) is 4.90 Å². The quantitative estimate of drug-likeness (QED) is 0.0111. The maximum atomic E-state index is 14.5. The first-order chi connectivity index (χ1) is 56.1. The molecule has 7 aliphatic rings. The number of carbonyl (C=O) groups excluding carboxylic acids is 2. The van der Waals surface area contributed by atoms with Crippen LogP contribution >= 0.6 is 49.3 Å². The molecule has 0 aliphatic carbocycles. The smallest absolute Gasteiger partial charge is 0.261 e. The van der Waals surface area contributed by atoms with Crippen molar-refractivity contribution >= 4 is 92.3 Å². The molecule has 30 atom stereocenters. The molecule has 678 valence electrons. The Kier molecular flexibility index (Phi) is 41.5. The van der Waals surface area contributed by atoms with Crippen LogP contribution < -0.4 is 21.0 Å². The monoisotopic (exact) mass is 1840 g/mol. The van der Waals surface area contributed by atoms with E-state index in [1.807, 2.05) is 0 Å². The van der Waals surface area contributed by atoms with Crippen molar-refractivity contribution < 1.29 is 245 Å². The van der Waals surface area contributed by atoms with Gasteiger partial charge in [-0.1, -0.05) is 12.1 Å². The van der Waals surface area contributed by atoms with Crippen molar-refractivity contribution in [3.8, 4) is 0 Å². The molecular weight excluding hydrogens is 1760 g/mol. The van der Waals surface area contributed by atoms with Crippen LogP contribution in [-0.2, 0) is 207 Å². The molecule has 0 spiro atoms. The normalized spacial score (nSPS) is 36.6. The van der Waals surface area contributed by atoms with Gasteiger partial charge in [0.25, 0.3) is 11.8 Å². The number of carbonyl (C=O) groups is 2. The van der Waals surface area contributed by atoms with Crippen LogP contribution in [0.15, 0.2) is 24.3 Å². The van der Waals surface area contributed by atoms with Crippen LogP contribution in [0.2, 0.25) is 0 Å². The van der Waals surface area contributed by atoms with E-state index in [0.717, 1.165) is 14.2 Å². The zero-order chi connectivity index (χ0) is 85.5. The SMILES string of the molecule is COCC1O[C@@H](O[C@H]2C(OC)C(OC)[C@@H](O[C@H]3C(OC)C(OC)[C@H](OC)O[C@H]3COC)O[C@H]2COC)C(OC)[C@@H](OC)[C@@H]1O[C@@H]1OC(CN2C(=O)c3ccccc3C2=O)[C@@H](O[C@@H]2OC(COS(=O)(=O)[O-])[C@@H](O[C@H]3OC(COS(=O)(=O)[O-])[C@@H](OSOO[O-])C(OSOO[O-])C3OSOO[O-])C(OSOO[O-])C2OS(=O)(=O)[O-])[C@@H](OC)C1OC. The number of hydrogen-bond acceptors (Lipinski definition) is 57. The number of imide groups is 1. The van der Waals surface area contributed by atoms with Gasteiger partial charge in [-0.25, -0.2) is 25.3 Å². The lowest BCUT2D eigenvalue weighted by atomic mass is 9.94. The van der Waals surface area contributed by atoms with Crippen LogP contribution in [0.4, 0.5) is 0 Å². The zero-order valence-corrected chi connectivity index (χ0v) is 68.5. The lowest BCUT2D eigenvalue weighted by Crippen LogP contribution is -2.69. The first-order valence-corrected chi connectivity index (χ1v) is 40.1. The molecule has 0 N–H and O–H groups in total. The van der Waals surface area contributed by atoms with Gasteiger partial charge in [0.1, 0.15) is 134 Å². The maximum absolute atomic E-state index is 14.5.